The summed E-state index contributed by atoms with van der Waals surface area (Å²) in [6.07, 6.45) is 0. The molecule has 0 fully saturated rings. The van der Waals surface area contributed by atoms with Crippen LogP contribution in [0.15, 0.2) is 65.1 Å². The normalized spacial score (nSPS) is 10.9. The van der Waals surface area contributed by atoms with Crippen molar-refractivity contribution in [2.45, 2.75) is 0 Å². The fraction of sp³-hybridized carbons (Fsp3) is 0. The van der Waals surface area contributed by atoms with Crippen LogP contribution in [-0.2, 0) is 0 Å². The number of carbonyl (C=O) groups excluding carboxylic acids is 1. The Hall–Kier alpha value is -3.32. The molecule has 0 aliphatic rings. The lowest BCUT2D eigenvalue weighted by atomic mass is 10.1. The summed E-state index contributed by atoms with van der Waals surface area (Å²) in [7, 11) is 0. The number of para-hydroxylation sites is 1. The molecule has 0 saturated heterocycles. The average Bonchev–Trinajstić information content (AvgIpc) is 3.27. The zero-order valence-electron chi connectivity index (χ0n) is 12.7. The molecule has 7 heteroatoms. The van der Waals surface area contributed by atoms with Gasteiger partial charge in [0.25, 0.3) is 5.69 Å². The average molecular weight is 350 g/mol. The van der Waals surface area contributed by atoms with Crippen LogP contribution in [0.2, 0.25) is 0 Å². The summed E-state index contributed by atoms with van der Waals surface area (Å²) in [6.45, 7) is 0. The minimum Gasteiger partial charge on any atom is -0.450 e. The largest absolute Gasteiger partial charge is 0.450 e. The molecule has 122 valence electrons. The van der Waals surface area contributed by atoms with Crippen LogP contribution in [0.1, 0.15) is 16.1 Å². The van der Waals surface area contributed by atoms with Crippen LogP contribution >= 0.6 is 11.3 Å². The van der Waals surface area contributed by atoms with E-state index < -0.39 is 4.92 Å². The molecule has 2 aromatic carbocycles. The van der Waals surface area contributed by atoms with Crippen LogP contribution in [0.5, 0.6) is 0 Å². The topological polar surface area (TPSA) is 86.2 Å². The molecule has 0 atom stereocenters. The van der Waals surface area contributed by atoms with Crippen LogP contribution < -0.4 is 0 Å². The predicted octanol–water partition coefficient (Wildman–Crippen LogP) is 4.70. The van der Waals surface area contributed by atoms with Crippen molar-refractivity contribution < 1.29 is 14.1 Å². The zero-order chi connectivity index (χ0) is 17.4. The third kappa shape index (κ3) is 2.81. The molecule has 6 nitrogen and oxygen atoms in total. The Balaban J connectivity index is 1.63. The number of nitro groups is 1. The highest BCUT2D eigenvalue weighted by Crippen LogP contribution is 2.31. The molecule has 2 heterocycles. The van der Waals surface area contributed by atoms with Crippen molar-refractivity contribution in [2.75, 3.05) is 0 Å². The Bertz CT molecular complexity index is 1060. The number of thiazole rings is 1. The minimum atomic E-state index is -0.508. The van der Waals surface area contributed by atoms with Crippen LogP contribution in [0.4, 0.5) is 5.69 Å². The molecule has 0 amide bonds. The quantitative estimate of drug-likeness (QED) is 0.303. The molecule has 0 aliphatic heterocycles. The first-order chi connectivity index (χ1) is 12.1. The SMILES string of the molecule is O=C(c1ccc([N+](=O)[O-])cc1)c1ccc(-c2nc3ccccc3s2)o1. The number of nitro benzene ring substituents is 1. The molecular weight excluding hydrogens is 340 g/mol. The van der Waals surface area contributed by atoms with Gasteiger partial charge in [0.15, 0.2) is 16.5 Å². The molecule has 4 rings (SSSR count). The van der Waals surface area contributed by atoms with E-state index in [1.54, 1.807) is 12.1 Å². The van der Waals surface area contributed by atoms with Gasteiger partial charge in [0, 0.05) is 17.7 Å². The lowest BCUT2D eigenvalue weighted by molar-refractivity contribution is -0.384. The van der Waals surface area contributed by atoms with Crippen molar-refractivity contribution in [3.63, 3.8) is 0 Å². The molecule has 4 aromatic rings. The van der Waals surface area contributed by atoms with Crippen molar-refractivity contribution in [3.8, 4) is 10.8 Å². The fourth-order valence-electron chi connectivity index (χ4n) is 2.43. The maximum Gasteiger partial charge on any atom is 0.269 e. The number of nitrogens with zero attached hydrogens (tertiary/aromatic N) is 2. The number of hydrogen-bond acceptors (Lipinski definition) is 6. The van der Waals surface area contributed by atoms with Gasteiger partial charge in [-0.3, -0.25) is 14.9 Å². The number of fused-ring (bicyclic) bond motifs is 1. The molecule has 0 bridgehead atoms. The first-order valence-electron chi connectivity index (χ1n) is 7.37. The van der Waals surface area contributed by atoms with Gasteiger partial charge in [-0.05, 0) is 36.4 Å². The monoisotopic (exact) mass is 350 g/mol. The highest BCUT2D eigenvalue weighted by molar-refractivity contribution is 7.21. The minimum absolute atomic E-state index is 0.0637. The van der Waals surface area contributed by atoms with E-state index in [-0.39, 0.29) is 17.2 Å². The highest BCUT2D eigenvalue weighted by atomic mass is 32.1. The van der Waals surface area contributed by atoms with Crippen LogP contribution in [-0.4, -0.2) is 15.7 Å². The number of furan rings is 1. The van der Waals surface area contributed by atoms with E-state index in [1.165, 1.54) is 35.6 Å². The second-order valence-corrected chi connectivity index (χ2v) is 6.31. The predicted molar refractivity (Wildman–Crippen MR) is 93.9 cm³/mol. The van der Waals surface area contributed by atoms with Gasteiger partial charge < -0.3 is 4.42 Å². The van der Waals surface area contributed by atoms with E-state index in [9.17, 15) is 14.9 Å². The summed E-state index contributed by atoms with van der Waals surface area (Å²) in [5, 5.41) is 11.4. The number of aromatic nitrogens is 1. The van der Waals surface area contributed by atoms with E-state index in [2.05, 4.69) is 4.98 Å². The Morgan fingerprint density at radius 2 is 1.80 bits per heavy atom. The molecule has 0 spiro atoms. The van der Waals surface area contributed by atoms with Gasteiger partial charge >= 0.3 is 0 Å². The molecule has 0 N–H and O–H groups in total. The molecule has 0 aliphatic carbocycles. The maximum absolute atomic E-state index is 12.5. The number of rotatable bonds is 4. The van der Waals surface area contributed by atoms with Gasteiger partial charge in [-0.25, -0.2) is 4.98 Å². The summed E-state index contributed by atoms with van der Waals surface area (Å²) in [5.74, 6) is 0.358. The number of non-ortho nitro benzene ring substituents is 1. The number of benzene rings is 2. The maximum atomic E-state index is 12.5. The molecule has 0 unspecified atom stereocenters. The van der Waals surface area contributed by atoms with Crippen molar-refractivity contribution in [2.24, 2.45) is 0 Å². The first-order valence-corrected chi connectivity index (χ1v) is 8.18. The van der Waals surface area contributed by atoms with E-state index in [4.69, 9.17) is 4.42 Å². The van der Waals surface area contributed by atoms with E-state index in [0.717, 1.165) is 10.2 Å². The molecule has 2 aromatic heterocycles. The van der Waals surface area contributed by atoms with Crippen molar-refractivity contribution >= 4 is 33.0 Å². The number of carbonyl (C=O) groups is 1. The Kier molecular flexibility index (Phi) is 3.62. The van der Waals surface area contributed by atoms with Crippen LogP contribution in [0.25, 0.3) is 21.0 Å². The standard InChI is InChI=1S/C18H10N2O4S/c21-17(11-5-7-12(8-6-11)20(22)23)14-9-10-15(24-14)18-19-13-3-1-2-4-16(13)25-18/h1-10H. The van der Waals surface area contributed by atoms with Gasteiger partial charge in [0.2, 0.25) is 5.78 Å². The highest BCUT2D eigenvalue weighted by Gasteiger charge is 2.17. The second kappa shape index (κ2) is 5.95. The Morgan fingerprint density at radius 3 is 2.52 bits per heavy atom. The smallest absolute Gasteiger partial charge is 0.269 e. The first kappa shape index (κ1) is 15.2. The Morgan fingerprint density at radius 1 is 1.04 bits per heavy atom. The Labute approximate surface area is 145 Å². The second-order valence-electron chi connectivity index (χ2n) is 5.28. The molecule has 0 saturated carbocycles. The van der Waals surface area contributed by atoms with Crippen molar-refractivity contribution in [1.29, 1.82) is 0 Å². The third-order valence-corrected chi connectivity index (χ3v) is 4.73. The van der Waals surface area contributed by atoms with Gasteiger partial charge in [-0.15, -0.1) is 11.3 Å². The number of ketones is 1. The van der Waals surface area contributed by atoms with Gasteiger partial charge in [-0.2, -0.15) is 0 Å². The van der Waals surface area contributed by atoms with Gasteiger partial charge in [0.1, 0.15) is 0 Å². The lowest BCUT2D eigenvalue weighted by Crippen LogP contribution is -1.99. The van der Waals surface area contributed by atoms with Crippen molar-refractivity contribution in [1.82, 2.24) is 4.98 Å². The molecule has 0 radical (unpaired) electrons. The van der Waals surface area contributed by atoms with E-state index >= 15 is 0 Å². The third-order valence-electron chi connectivity index (χ3n) is 3.67. The molecular formula is C18H10N2O4S. The summed E-state index contributed by atoms with van der Waals surface area (Å²) in [4.78, 5) is 27.1. The van der Waals surface area contributed by atoms with Crippen LogP contribution in [0, 0.1) is 10.1 Å². The summed E-state index contributed by atoms with van der Waals surface area (Å²) < 4.78 is 6.70. The lowest BCUT2D eigenvalue weighted by Gasteiger charge is -1.97. The summed E-state index contributed by atoms with van der Waals surface area (Å²) in [6, 6.07) is 16.5. The molecule has 25 heavy (non-hydrogen) atoms. The zero-order valence-corrected chi connectivity index (χ0v) is 13.5. The van der Waals surface area contributed by atoms with E-state index in [1.807, 2.05) is 24.3 Å². The van der Waals surface area contributed by atoms with E-state index in [0.29, 0.717) is 16.3 Å². The summed E-state index contributed by atoms with van der Waals surface area (Å²) >= 11 is 1.49. The summed E-state index contributed by atoms with van der Waals surface area (Å²) in [5.41, 5.74) is 1.14. The number of hydrogen-bond donors (Lipinski definition) is 0. The van der Waals surface area contributed by atoms with Crippen LogP contribution in [0.3, 0.4) is 0 Å². The fourth-order valence-corrected chi connectivity index (χ4v) is 3.36. The van der Waals surface area contributed by atoms with Gasteiger partial charge in [-0.1, -0.05) is 12.1 Å². The van der Waals surface area contributed by atoms with Crippen molar-refractivity contribution in [3.05, 3.63) is 82.1 Å². The van der Waals surface area contributed by atoms with Gasteiger partial charge in [0.05, 0.1) is 15.1 Å².